The number of ether oxygens (including phenoxy) is 2. The predicted octanol–water partition coefficient (Wildman–Crippen LogP) is 3.07. The molecule has 31 heavy (non-hydrogen) atoms. The van der Waals surface area contributed by atoms with Crippen LogP contribution in [0, 0.1) is 13.8 Å². The van der Waals surface area contributed by atoms with E-state index in [9.17, 15) is 9.59 Å². The van der Waals surface area contributed by atoms with Crippen LogP contribution in [0.15, 0.2) is 30.3 Å². The second kappa shape index (κ2) is 10.5. The van der Waals surface area contributed by atoms with Crippen LogP contribution in [-0.4, -0.2) is 68.2 Å². The van der Waals surface area contributed by atoms with Crippen molar-refractivity contribution in [3.05, 3.63) is 47.3 Å². The smallest absolute Gasteiger partial charge is 0.305 e. The van der Waals surface area contributed by atoms with E-state index in [-0.39, 0.29) is 11.8 Å². The summed E-state index contributed by atoms with van der Waals surface area (Å²) in [6, 6.07) is 10.0. The average molecular weight is 428 g/mol. The number of carbonyl (C=O) groups is 2. The fraction of sp³-hybridized carbons (Fsp3) is 0.500. The molecule has 2 heterocycles. The van der Waals surface area contributed by atoms with Gasteiger partial charge in [0.05, 0.1) is 26.5 Å². The van der Waals surface area contributed by atoms with Crippen molar-refractivity contribution < 1.29 is 19.1 Å². The Balaban J connectivity index is 1.56. The first-order valence-electron chi connectivity index (χ1n) is 10.8. The summed E-state index contributed by atoms with van der Waals surface area (Å²) in [4.78, 5) is 28.9. The largest absolute Gasteiger partial charge is 0.495 e. The van der Waals surface area contributed by atoms with Crippen molar-refractivity contribution in [2.45, 2.75) is 33.2 Å². The van der Waals surface area contributed by atoms with E-state index in [2.05, 4.69) is 20.4 Å². The number of nitrogens with zero attached hydrogens (tertiary/aromatic N) is 3. The molecule has 0 bridgehead atoms. The number of aromatic nitrogens is 1. The molecule has 168 valence electrons. The lowest BCUT2D eigenvalue weighted by atomic mass is 10.1. The van der Waals surface area contributed by atoms with Gasteiger partial charge in [-0.2, -0.15) is 0 Å². The van der Waals surface area contributed by atoms with E-state index in [0.717, 1.165) is 54.6 Å². The maximum Gasteiger partial charge on any atom is 0.305 e. The van der Waals surface area contributed by atoms with Crippen molar-refractivity contribution in [2.75, 3.05) is 51.8 Å². The highest BCUT2D eigenvalue weighted by molar-refractivity contribution is 5.99. The van der Waals surface area contributed by atoms with Crippen LogP contribution >= 0.6 is 0 Å². The Hall–Kier alpha value is -2.80. The van der Waals surface area contributed by atoms with Crippen molar-refractivity contribution >= 4 is 17.4 Å². The molecule has 7 nitrogen and oxygen atoms in total. The molecule has 0 aliphatic carbocycles. The molecule has 2 aromatic rings. The minimum atomic E-state index is -0.203. The first-order chi connectivity index (χ1) is 14.9. The van der Waals surface area contributed by atoms with E-state index in [1.807, 2.05) is 38.1 Å². The zero-order valence-electron chi connectivity index (χ0n) is 19.0. The highest BCUT2D eigenvalue weighted by atomic mass is 16.5. The van der Waals surface area contributed by atoms with Gasteiger partial charge in [0.1, 0.15) is 5.75 Å². The van der Waals surface area contributed by atoms with Crippen LogP contribution in [0.3, 0.4) is 0 Å². The van der Waals surface area contributed by atoms with Crippen LogP contribution in [0.1, 0.15) is 34.6 Å². The average Bonchev–Trinajstić information content (AvgIpc) is 3.07. The predicted molar refractivity (Wildman–Crippen MR) is 121 cm³/mol. The van der Waals surface area contributed by atoms with Crippen LogP contribution in [0.4, 0.5) is 5.69 Å². The number of benzene rings is 1. The number of Topliss-reactive ketones (excluding diaryl/α,β-unsaturated/α-hetero) is 1. The molecular formula is C24H33N3O4. The van der Waals surface area contributed by atoms with Gasteiger partial charge < -0.3 is 18.9 Å². The monoisotopic (exact) mass is 427 g/mol. The SMILES string of the molecule is COC(=O)CCCn1c(C)cc(C(=O)CN2CCN(c3ccccc3OC)CC2)c1C. The van der Waals surface area contributed by atoms with E-state index < -0.39 is 0 Å². The van der Waals surface area contributed by atoms with E-state index in [1.54, 1.807) is 7.11 Å². The summed E-state index contributed by atoms with van der Waals surface area (Å²) in [5.74, 6) is 0.829. The molecule has 0 unspecified atom stereocenters. The Kier molecular flexibility index (Phi) is 7.74. The number of piperazine rings is 1. The van der Waals surface area contributed by atoms with Gasteiger partial charge in [-0.1, -0.05) is 12.1 Å². The number of anilines is 1. The van der Waals surface area contributed by atoms with Gasteiger partial charge in [0.2, 0.25) is 0 Å². The standard InChI is InChI=1S/C24H33N3O4/c1-18-16-20(19(2)27(18)11-7-10-24(29)31-4)22(28)17-25-12-14-26(15-13-25)21-8-5-6-9-23(21)30-3/h5-6,8-9,16H,7,10-15,17H2,1-4H3. The molecule has 1 saturated heterocycles. The van der Waals surface area contributed by atoms with Crippen molar-refractivity contribution in [1.82, 2.24) is 9.47 Å². The fourth-order valence-electron chi connectivity index (χ4n) is 4.24. The molecular weight excluding hydrogens is 394 g/mol. The Morgan fingerprint density at radius 3 is 2.42 bits per heavy atom. The number of para-hydroxylation sites is 2. The first-order valence-corrected chi connectivity index (χ1v) is 10.8. The lowest BCUT2D eigenvalue weighted by Gasteiger charge is -2.36. The number of esters is 1. The summed E-state index contributed by atoms with van der Waals surface area (Å²) < 4.78 is 12.3. The van der Waals surface area contributed by atoms with Crippen LogP contribution in [0.25, 0.3) is 0 Å². The number of carbonyl (C=O) groups excluding carboxylic acids is 2. The zero-order chi connectivity index (χ0) is 22.4. The number of ketones is 1. The molecule has 0 radical (unpaired) electrons. The second-order valence-corrected chi connectivity index (χ2v) is 7.97. The van der Waals surface area contributed by atoms with Gasteiger partial charge in [-0.25, -0.2) is 0 Å². The topological polar surface area (TPSA) is 64.0 Å². The van der Waals surface area contributed by atoms with Crippen molar-refractivity contribution in [3.8, 4) is 5.75 Å². The molecule has 7 heteroatoms. The van der Waals surface area contributed by atoms with Gasteiger partial charge >= 0.3 is 5.97 Å². The van der Waals surface area contributed by atoms with Crippen LogP contribution in [-0.2, 0) is 16.1 Å². The molecule has 1 aliphatic heterocycles. The summed E-state index contributed by atoms with van der Waals surface area (Å²) in [7, 11) is 3.10. The van der Waals surface area contributed by atoms with Gasteiger partial charge in [-0.15, -0.1) is 0 Å². The van der Waals surface area contributed by atoms with Crippen LogP contribution in [0.5, 0.6) is 5.75 Å². The Morgan fingerprint density at radius 1 is 1.03 bits per heavy atom. The summed E-state index contributed by atoms with van der Waals surface area (Å²) in [5.41, 5.74) is 3.90. The molecule has 0 spiro atoms. The third kappa shape index (κ3) is 5.47. The molecule has 1 aromatic carbocycles. The fourth-order valence-corrected chi connectivity index (χ4v) is 4.24. The molecule has 1 aromatic heterocycles. The van der Waals surface area contributed by atoms with Crippen molar-refractivity contribution in [2.24, 2.45) is 0 Å². The van der Waals surface area contributed by atoms with Crippen LogP contribution < -0.4 is 9.64 Å². The Morgan fingerprint density at radius 2 is 1.74 bits per heavy atom. The Bertz CT molecular complexity index is 914. The van der Waals surface area contributed by atoms with Crippen LogP contribution in [0.2, 0.25) is 0 Å². The molecule has 3 rings (SSSR count). The van der Waals surface area contributed by atoms with Crippen molar-refractivity contribution in [3.63, 3.8) is 0 Å². The highest BCUT2D eigenvalue weighted by Gasteiger charge is 2.23. The second-order valence-electron chi connectivity index (χ2n) is 7.97. The third-order valence-corrected chi connectivity index (χ3v) is 6.03. The molecule has 0 saturated carbocycles. The van der Waals surface area contributed by atoms with Gasteiger partial charge in [-0.05, 0) is 38.5 Å². The lowest BCUT2D eigenvalue weighted by Crippen LogP contribution is -2.48. The van der Waals surface area contributed by atoms with Gasteiger partial charge in [0.15, 0.2) is 5.78 Å². The van der Waals surface area contributed by atoms with Crippen molar-refractivity contribution in [1.29, 1.82) is 0 Å². The molecule has 0 amide bonds. The molecule has 1 aliphatic rings. The maximum atomic E-state index is 13.0. The highest BCUT2D eigenvalue weighted by Crippen LogP contribution is 2.28. The number of rotatable bonds is 9. The number of methoxy groups -OCH3 is 2. The van der Waals surface area contributed by atoms with E-state index in [0.29, 0.717) is 25.9 Å². The quantitative estimate of drug-likeness (QED) is 0.453. The minimum Gasteiger partial charge on any atom is -0.495 e. The first kappa shape index (κ1) is 22.9. The summed E-state index contributed by atoms with van der Waals surface area (Å²) in [5, 5.41) is 0. The zero-order valence-corrected chi connectivity index (χ0v) is 19.0. The molecule has 0 N–H and O–H groups in total. The van der Waals surface area contributed by atoms with E-state index >= 15 is 0 Å². The summed E-state index contributed by atoms with van der Waals surface area (Å²) in [6.45, 7) is 8.51. The lowest BCUT2D eigenvalue weighted by molar-refractivity contribution is -0.140. The van der Waals surface area contributed by atoms with Gasteiger partial charge in [0.25, 0.3) is 0 Å². The number of hydrogen-bond donors (Lipinski definition) is 0. The van der Waals surface area contributed by atoms with E-state index in [4.69, 9.17) is 9.47 Å². The number of hydrogen-bond acceptors (Lipinski definition) is 6. The molecule has 1 fully saturated rings. The van der Waals surface area contributed by atoms with Gasteiger partial charge in [-0.3, -0.25) is 14.5 Å². The Labute approximate surface area is 184 Å². The third-order valence-electron chi connectivity index (χ3n) is 6.03. The summed E-state index contributed by atoms with van der Waals surface area (Å²) >= 11 is 0. The van der Waals surface area contributed by atoms with E-state index in [1.165, 1.54) is 7.11 Å². The number of aryl methyl sites for hydroxylation is 1. The maximum absolute atomic E-state index is 13.0. The molecule has 0 atom stereocenters. The van der Waals surface area contributed by atoms with Gasteiger partial charge in [0, 0.05) is 56.1 Å². The minimum absolute atomic E-state index is 0.151. The summed E-state index contributed by atoms with van der Waals surface area (Å²) in [6.07, 6.45) is 1.08. The normalized spacial score (nSPS) is 14.5.